The topological polar surface area (TPSA) is 46.5 Å². The number of hydrogen-bond acceptors (Lipinski definition) is 2. The maximum absolute atomic E-state index is 10.4. The van der Waals surface area contributed by atoms with Gasteiger partial charge in [0.2, 0.25) is 0 Å². The van der Waals surface area contributed by atoms with Crippen LogP contribution in [-0.4, -0.2) is 24.8 Å². The number of rotatable bonds is 3. The third-order valence-electron chi connectivity index (χ3n) is 1.76. The number of aliphatic carboxylic acids is 1. The van der Waals surface area contributed by atoms with Gasteiger partial charge in [-0.15, -0.1) is 0 Å². The third kappa shape index (κ3) is 4.30. The van der Waals surface area contributed by atoms with E-state index in [1.54, 1.807) is 31.4 Å². The van der Waals surface area contributed by atoms with Crippen molar-refractivity contribution in [2.75, 3.05) is 13.7 Å². The van der Waals surface area contributed by atoms with Crippen LogP contribution in [0.4, 0.5) is 0 Å². The molecule has 0 saturated heterocycles. The molecule has 0 aromatic heterocycles. The molecule has 1 N–H and O–H groups in total. The van der Waals surface area contributed by atoms with Crippen molar-refractivity contribution in [2.45, 2.75) is 6.42 Å². The SMILES string of the molecule is COCC#Cc1ccc(CC(=O)O)cc1. The first-order valence-electron chi connectivity index (χ1n) is 4.51. The maximum atomic E-state index is 10.4. The quantitative estimate of drug-likeness (QED) is 0.755. The summed E-state index contributed by atoms with van der Waals surface area (Å²) in [5, 5.41) is 8.57. The third-order valence-corrected chi connectivity index (χ3v) is 1.76. The second-order valence-electron chi connectivity index (χ2n) is 3.00. The van der Waals surface area contributed by atoms with Crippen LogP contribution in [0.3, 0.4) is 0 Å². The van der Waals surface area contributed by atoms with Crippen molar-refractivity contribution in [3.05, 3.63) is 35.4 Å². The lowest BCUT2D eigenvalue weighted by atomic mass is 10.1. The van der Waals surface area contributed by atoms with Crippen LogP contribution < -0.4 is 0 Å². The Balaban J connectivity index is 2.65. The second kappa shape index (κ2) is 5.84. The molecule has 0 aliphatic rings. The van der Waals surface area contributed by atoms with E-state index < -0.39 is 5.97 Å². The maximum Gasteiger partial charge on any atom is 0.307 e. The Kier molecular flexibility index (Phi) is 4.39. The van der Waals surface area contributed by atoms with E-state index in [9.17, 15) is 4.79 Å². The van der Waals surface area contributed by atoms with Crippen LogP contribution in [-0.2, 0) is 16.0 Å². The van der Waals surface area contributed by atoms with Crippen LogP contribution in [0.2, 0.25) is 0 Å². The highest BCUT2D eigenvalue weighted by molar-refractivity contribution is 5.70. The summed E-state index contributed by atoms with van der Waals surface area (Å²) in [4.78, 5) is 10.4. The summed E-state index contributed by atoms with van der Waals surface area (Å²) >= 11 is 0. The van der Waals surface area contributed by atoms with Crippen LogP contribution in [0.15, 0.2) is 24.3 Å². The lowest BCUT2D eigenvalue weighted by molar-refractivity contribution is -0.136. The average Bonchev–Trinajstić information content (AvgIpc) is 2.20. The molecule has 1 aromatic carbocycles. The standard InChI is InChI=1S/C12H12O3/c1-15-8-2-3-10-4-6-11(7-5-10)9-12(13)14/h4-7H,8-9H2,1H3,(H,13,14). The van der Waals surface area contributed by atoms with Crippen LogP contribution in [0, 0.1) is 11.8 Å². The molecular formula is C12H12O3. The zero-order chi connectivity index (χ0) is 11.1. The van der Waals surface area contributed by atoms with Crippen LogP contribution >= 0.6 is 0 Å². The predicted octanol–water partition coefficient (Wildman–Crippen LogP) is 1.31. The molecule has 0 atom stereocenters. The number of ether oxygens (including phenoxy) is 1. The Bertz CT molecular complexity index is 382. The minimum Gasteiger partial charge on any atom is -0.481 e. The van der Waals surface area contributed by atoms with Gasteiger partial charge in [0.25, 0.3) is 0 Å². The molecule has 0 aliphatic heterocycles. The fourth-order valence-electron chi connectivity index (χ4n) is 1.09. The minimum atomic E-state index is -0.826. The number of carboxylic acids is 1. The van der Waals surface area contributed by atoms with E-state index in [2.05, 4.69) is 11.8 Å². The highest BCUT2D eigenvalue weighted by atomic mass is 16.5. The second-order valence-corrected chi connectivity index (χ2v) is 3.00. The number of methoxy groups -OCH3 is 1. The Labute approximate surface area is 88.7 Å². The summed E-state index contributed by atoms with van der Waals surface area (Å²) in [7, 11) is 1.59. The molecule has 0 radical (unpaired) electrons. The highest BCUT2D eigenvalue weighted by Gasteiger charge is 1.98. The van der Waals surface area contributed by atoms with Crippen molar-refractivity contribution in [3.63, 3.8) is 0 Å². The molecule has 0 aliphatic carbocycles. The summed E-state index contributed by atoms with van der Waals surface area (Å²) in [6, 6.07) is 7.15. The highest BCUT2D eigenvalue weighted by Crippen LogP contribution is 2.03. The molecule has 1 rings (SSSR count). The first kappa shape index (κ1) is 11.3. The lowest BCUT2D eigenvalue weighted by Crippen LogP contribution is -1.99. The van der Waals surface area contributed by atoms with Crippen molar-refractivity contribution >= 4 is 5.97 Å². The summed E-state index contributed by atoms with van der Waals surface area (Å²) in [6.45, 7) is 0.400. The fourth-order valence-corrected chi connectivity index (χ4v) is 1.09. The molecule has 3 nitrogen and oxygen atoms in total. The normalized spacial score (nSPS) is 9.13. The van der Waals surface area contributed by atoms with E-state index in [0.29, 0.717) is 6.61 Å². The van der Waals surface area contributed by atoms with E-state index in [-0.39, 0.29) is 6.42 Å². The van der Waals surface area contributed by atoms with Gasteiger partial charge in [-0.25, -0.2) is 0 Å². The summed E-state index contributed by atoms with van der Waals surface area (Å²) in [5.74, 6) is 4.90. The molecule has 0 saturated carbocycles. The monoisotopic (exact) mass is 204 g/mol. The Morgan fingerprint density at radius 3 is 2.60 bits per heavy atom. The molecule has 0 fully saturated rings. The average molecular weight is 204 g/mol. The molecule has 15 heavy (non-hydrogen) atoms. The molecule has 78 valence electrons. The smallest absolute Gasteiger partial charge is 0.307 e. The first-order chi connectivity index (χ1) is 7.22. The van der Waals surface area contributed by atoms with Crippen molar-refractivity contribution in [1.29, 1.82) is 0 Å². The first-order valence-corrected chi connectivity index (χ1v) is 4.51. The number of hydrogen-bond donors (Lipinski definition) is 1. The molecule has 3 heteroatoms. The molecule has 0 spiro atoms. The Hall–Kier alpha value is -1.79. The van der Waals surface area contributed by atoms with Crippen LogP contribution in [0.5, 0.6) is 0 Å². The van der Waals surface area contributed by atoms with Crippen molar-refractivity contribution < 1.29 is 14.6 Å². The van der Waals surface area contributed by atoms with Crippen LogP contribution in [0.1, 0.15) is 11.1 Å². The molecule has 0 unspecified atom stereocenters. The Morgan fingerprint density at radius 1 is 1.40 bits per heavy atom. The van der Waals surface area contributed by atoms with E-state index in [1.807, 2.05) is 0 Å². The van der Waals surface area contributed by atoms with Gasteiger partial charge in [-0.05, 0) is 17.7 Å². The largest absolute Gasteiger partial charge is 0.481 e. The van der Waals surface area contributed by atoms with Gasteiger partial charge in [0.05, 0.1) is 6.42 Å². The van der Waals surface area contributed by atoms with Gasteiger partial charge in [-0.1, -0.05) is 24.0 Å². The lowest BCUT2D eigenvalue weighted by Gasteiger charge is -1.96. The minimum absolute atomic E-state index is 0.0474. The molecule has 1 aromatic rings. The summed E-state index contributed by atoms with van der Waals surface area (Å²) in [6.07, 6.45) is 0.0474. The molecule has 0 amide bonds. The summed E-state index contributed by atoms with van der Waals surface area (Å²) in [5.41, 5.74) is 1.64. The van der Waals surface area contributed by atoms with E-state index in [1.165, 1.54) is 0 Å². The van der Waals surface area contributed by atoms with Gasteiger partial charge in [0.1, 0.15) is 6.61 Å². The van der Waals surface area contributed by atoms with Gasteiger partial charge in [-0.3, -0.25) is 4.79 Å². The van der Waals surface area contributed by atoms with Crippen LogP contribution in [0.25, 0.3) is 0 Å². The van der Waals surface area contributed by atoms with E-state index >= 15 is 0 Å². The van der Waals surface area contributed by atoms with Crippen molar-refractivity contribution in [3.8, 4) is 11.8 Å². The van der Waals surface area contributed by atoms with Gasteiger partial charge in [0.15, 0.2) is 0 Å². The van der Waals surface area contributed by atoms with E-state index in [4.69, 9.17) is 9.84 Å². The van der Waals surface area contributed by atoms with Gasteiger partial charge >= 0.3 is 5.97 Å². The molecule has 0 heterocycles. The fraction of sp³-hybridized carbons (Fsp3) is 0.250. The summed E-state index contributed by atoms with van der Waals surface area (Å²) < 4.78 is 4.79. The van der Waals surface area contributed by atoms with Gasteiger partial charge < -0.3 is 9.84 Å². The van der Waals surface area contributed by atoms with Crippen molar-refractivity contribution in [1.82, 2.24) is 0 Å². The predicted molar refractivity (Wildman–Crippen MR) is 56.5 cm³/mol. The number of carbonyl (C=O) groups is 1. The Morgan fingerprint density at radius 2 is 2.07 bits per heavy atom. The van der Waals surface area contributed by atoms with Gasteiger partial charge in [-0.2, -0.15) is 0 Å². The van der Waals surface area contributed by atoms with Crippen molar-refractivity contribution in [2.24, 2.45) is 0 Å². The zero-order valence-electron chi connectivity index (χ0n) is 8.49. The molecular weight excluding hydrogens is 192 g/mol. The number of benzene rings is 1. The van der Waals surface area contributed by atoms with Gasteiger partial charge in [0, 0.05) is 12.7 Å². The number of carboxylic acid groups (broad SMARTS) is 1. The van der Waals surface area contributed by atoms with E-state index in [0.717, 1.165) is 11.1 Å². The molecule has 0 bridgehead atoms. The zero-order valence-corrected chi connectivity index (χ0v) is 8.49.